The number of thiazole rings is 1. The first-order valence-electron chi connectivity index (χ1n) is 8.81. The van der Waals surface area contributed by atoms with Crippen LogP contribution in [0.2, 0.25) is 0 Å². The van der Waals surface area contributed by atoms with Crippen LogP contribution in [-0.2, 0) is 0 Å². The molecule has 1 unspecified atom stereocenters. The number of rotatable bonds is 6. The number of aromatic nitrogens is 1. The second-order valence-electron chi connectivity index (χ2n) is 6.43. The van der Waals surface area contributed by atoms with E-state index in [1.807, 2.05) is 25.1 Å². The fraction of sp³-hybridized carbons (Fsp3) is 0.474. The van der Waals surface area contributed by atoms with Crippen LogP contribution >= 0.6 is 11.3 Å². The maximum Gasteiger partial charge on any atom is 0.263 e. The maximum absolute atomic E-state index is 12.6. The average molecular weight is 375 g/mol. The van der Waals surface area contributed by atoms with Crippen LogP contribution in [0.5, 0.6) is 11.5 Å². The van der Waals surface area contributed by atoms with Crippen LogP contribution in [0.25, 0.3) is 10.6 Å². The molecule has 140 valence electrons. The van der Waals surface area contributed by atoms with Gasteiger partial charge in [-0.05, 0) is 57.0 Å². The second-order valence-corrected chi connectivity index (χ2v) is 7.42. The topological polar surface area (TPSA) is 72.5 Å². The van der Waals surface area contributed by atoms with Crippen molar-refractivity contribution < 1.29 is 14.3 Å². The number of nitrogens with one attached hydrogen (secondary N) is 2. The predicted molar refractivity (Wildman–Crippen MR) is 103 cm³/mol. The number of methoxy groups -OCH3 is 2. The number of aryl methyl sites for hydroxylation is 1. The second kappa shape index (κ2) is 8.51. The van der Waals surface area contributed by atoms with E-state index in [1.165, 1.54) is 17.8 Å². The van der Waals surface area contributed by atoms with E-state index >= 15 is 0 Å². The number of ether oxygens (including phenoxy) is 2. The van der Waals surface area contributed by atoms with Crippen molar-refractivity contribution in [3.05, 3.63) is 28.8 Å². The Kier molecular flexibility index (Phi) is 6.11. The highest BCUT2D eigenvalue weighted by atomic mass is 32.1. The van der Waals surface area contributed by atoms with Crippen molar-refractivity contribution in [3.8, 4) is 22.1 Å². The Balaban J connectivity index is 1.73. The van der Waals surface area contributed by atoms with Crippen molar-refractivity contribution in [1.29, 1.82) is 0 Å². The van der Waals surface area contributed by atoms with Gasteiger partial charge in [-0.2, -0.15) is 0 Å². The monoisotopic (exact) mass is 375 g/mol. The van der Waals surface area contributed by atoms with E-state index in [0.29, 0.717) is 28.8 Å². The Morgan fingerprint density at radius 3 is 2.85 bits per heavy atom. The van der Waals surface area contributed by atoms with Gasteiger partial charge in [-0.15, -0.1) is 11.3 Å². The molecule has 6 nitrogen and oxygen atoms in total. The van der Waals surface area contributed by atoms with Gasteiger partial charge in [0.25, 0.3) is 5.91 Å². The average Bonchev–Trinajstić information content (AvgIpc) is 3.08. The van der Waals surface area contributed by atoms with Gasteiger partial charge in [0.1, 0.15) is 9.88 Å². The van der Waals surface area contributed by atoms with Gasteiger partial charge in [0, 0.05) is 12.1 Å². The quantitative estimate of drug-likeness (QED) is 0.812. The molecule has 1 saturated heterocycles. The number of piperidine rings is 1. The van der Waals surface area contributed by atoms with E-state index < -0.39 is 0 Å². The van der Waals surface area contributed by atoms with Crippen molar-refractivity contribution in [2.45, 2.75) is 19.8 Å². The van der Waals surface area contributed by atoms with E-state index in [1.54, 1.807) is 14.2 Å². The zero-order valence-corrected chi connectivity index (χ0v) is 16.2. The number of benzene rings is 1. The molecule has 7 heteroatoms. The summed E-state index contributed by atoms with van der Waals surface area (Å²) in [5, 5.41) is 7.23. The lowest BCUT2D eigenvalue weighted by molar-refractivity contribution is 0.0948. The van der Waals surface area contributed by atoms with Gasteiger partial charge < -0.3 is 20.1 Å². The van der Waals surface area contributed by atoms with Gasteiger partial charge in [-0.3, -0.25) is 4.79 Å². The first-order chi connectivity index (χ1) is 12.6. The third kappa shape index (κ3) is 4.16. The maximum atomic E-state index is 12.6. The molecule has 3 rings (SSSR count). The van der Waals surface area contributed by atoms with Crippen LogP contribution in [0, 0.1) is 12.8 Å². The summed E-state index contributed by atoms with van der Waals surface area (Å²) in [7, 11) is 3.21. The fourth-order valence-corrected chi connectivity index (χ4v) is 4.09. The standard InChI is InChI=1S/C19H25N3O3S/c1-12-17(18(23)21-11-13-5-4-8-20-10-13)26-19(22-12)14-6-7-15(24-2)16(9-14)25-3/h6-7,9,13,20H,4-5,8,10-11H2,1-3H3,(H,21,23). The summed E-state index contributed by atoms with van der Waals surface area (Å²) >= 11 is 1.40. The molecule has 1 aliphatic rings. The van der Waals surface area contributed by atoms with Crippen molar-refractivity contribution >= 4 is 17.2 Å². The Morgan fingerprint density at radius 1 is 1.35 bits per heavy atom. The van der Waals surface area contributed by atoms with Gasteiger partial charge in [0.15, 0.2) is 11.5 Å². The number of hydrogen-bond donors (Lipinski definition) is 2. The zero-order valence-electron chi connectivity index (χ0n) is 15.4. The molecule has 1 atom stereocenters. The molecule has 2 heterocycles. The predicted octanol–water partition coefficient (Wildman–Crippen LogP) is 2.87. The zero-order chi connectivity index (χ0) is 18.5. The van der Waals surface area contributed by atoms with Gasteiger partial charge in [0.05, 0.1) is 19.9 Å². The van der Waals surface area contributed by atoms with Crippen molar-refractivity contribution in [2.24, 2.45) is 5.92 Å². The number of hydrogen-bond acceptors (Lipinski definition) is 6. The molecule has 1 aromatic carbocycles. The highest BCUT2D eigenvalue weighted by Crippen LogP contribution is 2.34. The van der Waals surface area contributed by atoms with Gasteiger partial charge in [0.2, 0.25) is 0 Å². The highest BCUT2D eigenvalue weighted by molar-refractivity contribution is 7.17. The molecule has 2 aromatic rings. The van der Waals surface area contributed by atoms with Crippen LogP contribution in [0.1, 0.15) is 28.2 Å². The SMILES string of the molecule is COc1ccc(-c2nc(C)c(C(=O)NCC3CCCNC3)s2)cc1OC. The molecule has 1 aromatic heterocycles. The smallest absolute Gasteiger partial charge is 0.263 e. The molecule has 0 radical (unpaired) electrons. The number of amides is 1. The van der Waals surface area contributed by atoms with Crippen molar-refractivity contribution in [2.75, 3.05) is 33.9 Å². The lowest BCUT2D eigenvalue weighted by Crippen LogP contribution is -2.38. The Hall–Kier alpha value is -2.12. The van der Waals surface area contributed by atoms with Gasteiger partial charge in [-0.1, -0.05) is 0 Å². The first-order valence-corrected chi connectivity index (χ1v) is 9.62. The molecule has 2 N–H and O–H groups in total. The number of carbonyl (C=O) groups is 1. The minimum Gasteiger partial charge on any atom is -0.493 e. The molecule has 0 bridgehead atoms. The molecule has 0 aliphatic carbocycles. The van der Waals surface area contributed by atoms with Crippen LogP contribution in [0.3, 0.4) is 0 Å². The molecule has 0 spiro atoms. The van der Waals surface area contributed by atoms with Crippen molar-refractivity contribution in [1.82, 2.24) is 15.6 Å². The first kappa shape index (κ1) is 18.7. The molecule has 26 heavy (non-hydrogen) atoms. The summed E-state index contributed by atoms with van der Waals surface area (Å²) in [5.41, 5.74) is 1.66. The minimum absolute atomic E-state index is 0.0442. The summed E-state index contributed by atoms with van der Waals surface area (Å²) in [4.78, 5) is 17.8. The van der Waals surface area contributed by atoms with E-state index in [2.05, 4.69) is 15.6 Å². The molecule has 1 fully saturated rings. The van der Waals surface area contributed by atoms with Crippen LogP contribution in [0.15, 0.2) is 18.2 Å². The molecular weight excluding hydrogens is 350 g/mol. The summed E-state index contributed by atoms with van der Waals surface area (Å²) in [6.07, 6.45) is 2.33. The Morgan fingerprint density at radius 2 is 2.15 bits per heavy atom. The van der Waals surface area contributed by atoms with Crippen LogP contribution in [0.4, 0.5) is 0 Å². The third-order valence-electron chi connectivity index (χ3n) is 4.58. The summed E-state index contributed by atoms with van der Waals surface area (Å²) in [5.74, 6) is 1.78. The summed E-state index contributed by atoms with van der Waals surface area (Å²) < 4.78 is 10.6. The Bertz CT molecular complexity index is 769. The molecule has 1 aliphatic heterocycles. The highest BCUT2D eigenvalue weighted by Gasteiger charge is 2.19. The molecule has 0 saturated carbocycles. The van der Waals surface area contributed by atoms with Crippen LogP contribution in [-0.4, -0.2) is 44.7 Å². The fourth-order valence-electron chi connectivity index (χ4n) is 3.12. The molecular formula is C19H25N3O3S. The van der Waals surface area contributed by atoms with Gasteiger partial charge >= 0.3 is 0 Å². The van der Waals surface area contributed by atoms with E-state index in [9.17, 15) is 4.79 Å². The third-order valence-corrected chi connectivity index (χ3v) is 5.79. The lowest BCUT2D eigenvalue weighted by Gasteiger charge is -2.22. The lowest BCUT2D eigenvalue weighted by atomic mass is 10.00. The van der Waals surface area contributed by atoms with E-state index in [-0.39, 0.29) is 5.91 Å². The number of nitrogens with zero attached hydrogens (tertiary/aromatic N) is 1. The van der Waals surface area contributed by atoms with Gasteiger partial charge in [-0.25, -0.2) is 4.98 Å². The van der Waals surface area contributed by atoms with Crippen molar-refractivity contribution in [3.63, 3.8) is 0 Å². The van der Waals surface area contributed by atoms with E-state index in [4.69, 9.17) is 9.47 Å². The normalized spacial score (nSPS) is 17.0. The summed E-state index contributed by atoms with van der Waals surface area (Å²) in [6, 6.07) is 5.65. The minimum atomic E-state index is -0.0442. The molecule has 1 amide bonds. The Labute approximate surface area is 157 Å². The summed E-state index contributed by atoms with van der Waals surface area (Å²) in [6.45, 7) is 4.62. The largest absolute Gasteiger partial charge is 0.493 e. The number of carbonyl (C=O) groups excluding carboxylic acids is 1. The van der Waals surface area contributed by atoms with E-state index in [0.717, 1.165) is 35.8 Å². The van der Waals surface area contributed by atoms with Crippen LogP contribution < -0.4 is 20.1 Å².